The number of hydrogen-bond acceptors (Lipinski definition) is 8. The van der Waals surface area contributed by atoms with Gasteiger partial charge in [-0.3, -0.25) is 9.59 Å². The van der Waals surface area contributed by atoms with E-state index in [1.807, 2.05) is 26.0 Å². The molecule has 1 aromatic rings. The standard InChI is InChI=1S/C33H56N2O7/c1-21(2)25(17-23-9-14-30(40-6)31(18-23)42-16-8-15-39-5)19-28(34)29(36)20-27(22(3)4)32(37)35-26-12-10-24(11-13-26)33(38)41-7/h9,14,18,21-22,24-29,36H,8,10-13,15-17,19-20,34H2,1-7H3,(H,35,37)/t24-,25-,26+,27-,28-,29-/m0/s1. The zero-order valence-corrected chi connectivity index (χ0v) is 26.9. The first-order chi connectivity index (χ1) is 20.0. The van der Waals surface area contributed by atoms with Crippen LogP contribution in [0.1, 0.15) is 78.2 Å². The van der Waals surface area contributed by atoms with Crippen LogP contribution in [-0.2, 0) is 25.5 Å². The fourth-order valence-electron chi connectivity index (χ4n) is 5.81. The van der Waals surface area contributed by atoms with Crippen LogP contribution in [0, 0.1) is 29.6 Å². The summed E-state index contributed by atoms with van der Waals surface area (Å²) in [5.74, 6) is 1.39. The van der Waals surface area contributed by atoms with E-state index in [0.29, 0.717) is 56.3 Å². The van der Waals surface area contributed by atoms with Crippen molar-refractivity contribution < 1.29 is 33.6 Å². The maximum absolute atomic E-state index is 13.3. The van der Waals surface area contributed by atoms with Gasteiger partial charge in [-0.2, -0.15) is 0 Å². The van der Waals surface area contributed by atoms with Crippen molar-refractivity contribution in [3.05, 3.63) is 23.8 Å². The topological polar surface area (TPSA) is 129 Å². The van der Waals surface area contributed by atoms with Crippen molar-refractivity contribution in [3.63, 3.8) is 0 Å². The van der Waals surface area contributed by atoms with Crippen molar-refractivity contribution >= 4 is 11.9 Å². The molecule has 1 aromatic carbocycles. The van der Waals surface area contributed by atoms with Crippen LogP contribution in [0.2, 0.25) is 0 Å². The van der Waals surface area contributed by atoms with Gasteiger partial charge in [0.15, 0.2) is 11.5 Å². The van der Waals surface area contributed by atoms with Crippen molar-refractivity contribution in [1.29, 1.82) is 0 Å². The van der Waals surface area contributed by atoms with Crippen LogP contribution in [-0.4, -0.2) is 69.7 Å². The lowest BCUT2D eigenvalue weighted by Crippen LogP contribution is -2.46. The zero-order valence-electron chi connectivity index (χ0n) is 26.9. The Labute approximate surface area is 253 Å². The fraction of sp³-hybridized carbons (Fsp3) is 0.758. The van der Waals surface area contributed by atoms with E-state index < -0.39 is 12.1 Å². The van der Waals surface area contributed by atoms with Gasteiger partial charge in [0.25, 0.3) is 0 Å². The largest absolute Gasteiger partial charge is 0.493 e. The minimum absolute atomic E-state index is 0.0362. The second kappa shape index (κ2) is 18.3. The number of nitrogens with two attached hydrogens (primary N) is 1. The molecule has 1 aliphatic rings. The molecule has 2 rings (SSSR count). The predicted octanol–water partition coefficient (Wildman–Crippen LogP) is 4.51. The molecule has 0 unspecified atom stereocenters. The Morgan fingerprint density at radius 1 is 0.976 bits per heavy atom. The number of methoxy groups -OCH3 is 3. The van der Waals surface area contributed by atoms with Gasteiger partial charge in [-0.05, 0) is 80.4 Å². The highest BCUT2D eigenvalue weighted by Gasteiger charge is 2.33. The van der Waals surface area contributed by atoms with Crippen LogP contribution in [0.5, 0.6) is 11.5 Å². The average Bonchev–Trinajstić information content (AvgIpc) is 2.97. The molecule has 1 aliphatic carbocycles. The van der Waals surface area contributed by atoms with E-state index in [1.54, 1.807) is 14.2 Å². The molecular weight excluding hydrogens is 536 g/mol. The summed E-state index contributed by atoms with van der Waals surface area (Å²) in [6.45, 7) is 9.54. The van der Waals surface area contributed by atoms with E-state index in [4.69, 9.17) is 24.7 Å². The number of carbonyl (C=O) groups excluding carboxylic acids is 2. The lowest BCUT2D eigenvalue weighted by Gasteiger charge is -2.32. The third kappa shape index (κ3) is 11.4. The Bertz CT molecular complexity index is 946. The van der Waals surface area contributed by atoms with Gasteiger partial charge in [-0.25, -0.2) is 0 Å². The zero-order chi connectivity index (χ0) is 31.2. The Kier molecular flexibility index (Phi) is 15.6. The van der Waals surface area contributed by atoms with E-state index in [9.17, 15) is 14.7 Å². The van der Waals surface area contributed by atoms with E-state index in [1.165, 1.54) is 7.11 Å². The first-order valence-electron chi connectivity index (χ1n) is 15.6. The molecule has 9 heteroatoms. The van der Waals surface area contributed by atoms with Gasteiger partial charge < -0.3 is 35.1 Å². The molecule has 4 atom stereocenters. The number of rotatable bonds is 18. The molecule has 0 saturated heterocycles. The molecule has 4 N–H and O–H groups in total. The van der Waals surface area contributed by atoms with E-state index >= 15 is 0 Å². The summed E-state index contributed by atoms with van der Waals surface area (Å²) in [5.41, 5.74) is 7.71. The molecule has 0 bridgehead atoms. The highest BCUT2D eigenvalue weighted by Crippen LogP contribution is 2.32. The smallest absolute Gasteiger partial charge is 0.308 e. The molecular formula is C33H56N2O7. The van der Waals surface area contributed by atoms with Crippen molar-refractivity contribution in [3.8, 4) is 11.5 Å². The third-order valence-corrected chi connectivity index (χ3v) is 8.73. The molecule has 1 fully saturated rings. The molecule has 42 heavy (non-hydrogen) atoms. The molecule has 1 saturated carbocycles. The van der Waals surface area contributed by atoms with Crippen molar-refractivity contribution in [2.45, 2.75) is 97.2 Å². The maximum atomic E-state index is 13.3. The quantitative estimate of drug-likeness (QED) is 0.168. The SMILES string of the molecule is COCCCOc1cc(C[C@@H](C[C@H](N)[C@@H](O)C[C@H](C(=O)N[C@H]2CC[C@@H](C(=O)OC)CC2)C(C)C)C(C)C)ccc1OC. The molecule has 0 aromatic heterocycles. The van der Waals surface area contributed by atoms with Gasteiger partial charge in [0.1, 0.15) is 0 Å². The number of benzene rings is 1. The highest BCUT2D eigenvalue weighted by molar-refractivity contribution is 5.79. The molecule has 0 aliphatic heterocycles. The van der Waals surface area contributed by atoms with Crippen molar-refractivity contribution in [2.24, 2.45) is 35.3 Å². The number of esters is 1. The van der Waals surface area contributed by atoms with E-state index in [-0.39, 0.29) is 41.6 Å². The van der Waals surface area contributed by atoms with Gasteiger partial charge in [0.2, 0.25) is 5.91 Å². The molecule has 9 nitrogen and oxygen atoms in total. The number of aliphatic hydroxyl groups is 1. The molecule has 1 amide bonds. The van der Waals surface area contributed by atoms with Gasteiger partial charge in [0.05, 0.1) is 32.8 Å². The summed E-state index contributed by atoms with van der Waals surface area (Å²) in [7, 11) is 4.72. The van der Waals surface area contributed by atoms with Gasteiger partial charge in [-0.15, -0.1) is 0 Å². The predicted molar refractivity (Wildman–Crippen MR) is 164 cm³/mol. The van der Waals surface area contributed by atoms with E-state index in [0.717, 1.165) is 31.2 Å². The fourth-order valence-corrected chi connectivity index (χ4v) is 5.81. The minimum atomic E-state index is -0.796. The summed E-state index contributed by atoms with van der Waals surface area (Å²) in [6, 6.07) is 5.59. The normalized spacial score (nSPS) is 20.1. The van der Waals surface area contributed by atoms with Gasteiger partial charge in [0, 0.05) is 38.1 Å². The third-order valence-electron chi connectivity index (χ3n) is 8.73. The Balaban J connectivity index is 1.98. The molecule has 0 radical (unpaired) electrons. The molecule has 240 valence electrons. The summed E-state index contributed by atoms with van der Waals surface area (Å²) in [4.78, 5) is 25.1. The van der Waals surface area contributed by atoms with Crippen LogP contribution in [0.3, 0.4) is 0 Å². The molecule has 0 spiro atoms. The number of ether oxygens (including phenoxy) is 4. The summed E-state index contributed by atoms with van der Waals surface area (Å²) < 4.78 is 21.4. The first kappa shape index (κ1) is 35.8. The van der Waals surface area contributed by atoms with Crippen molar-refractivity contribution in [2.75, 3.05) is 34.5 Å². The average molecular weight is 593 g/mol. The Morgan fingerprint density at radius 2 is 1.67 bits per heavy atom. The molecule has 0 heterocycles. The monoisotopic (exact) mass is 592 g/mol. The van der Waals surface area contributed by atoms with Crippen molar-refractivity contribution in [1.82, 2.24) is 5.32 Å². The van der Waals surface area contributed by atoms with Crippen LogP contribution in [0.4, 0.5) is 0 Å². The van der Waals surface area contributed by atoms with Crippen LogP contribution in [0.15, 0.2) is 18.2 Å². The lowest BCUT2D eigenvalue weighted by atomic mass is 9.80. The lowest BCUT2D eigenvalue weighted by molar-refractivity contribution is -0.146. The maximum Gasteiger partial charge on any atom is 0.308 e. The number of nitrogens with one attached hydrogen (secondary N) is 1. The summed E-state index contributed by atoms with van der Waals surface area (Å²) >= 11 is 0. The van der Waals surface area contributed by atoms with Gasteiger partial charge >= 0.3 is 5.97 Å². The summed E-state index contributed by atoms with van der Waals surface area (Å²) in [5, 5.41) is 14.3. The first-order valence-corrected chi connectivity index (χ1v) is 15.6. The number of amides is 1. The second-order valence-electron chi connectivity index (χ2n) is 12.5. The second-order valence-corrected chi connectivity index (χ2v) is 12.5. The number of hydrogen-bond donors (Lipinski definition) is 3. The number of carbonyl (C=O) groups is 2. The van der Waals surface area contributed by atoms with E-state index in [2.05, 4.69) is 25.2 Å². The van der Waals surface area contributed by atoms with Gasteiger partial charge in [-0.1, -0.05) is 33.8 Å². The minimum Gasteiger partial charge on any atom is -0.493 e. The highest BCUT2D eigenvalue weighted by atomic mass is 16.5. The Hall–Kier alpha value is -2.36. The van der Waals surface area contributed by atoms with Crippen LogP contribution in [0.25, 0.3) is 0 Å². The van der Waals surface area contributed by atoms with Crippen LogP contribution >= 0.6 is 0 Å². The van der Waals surface area contributed by atoms with Crippen LogP contribution < -0.4 is 20.5 Å². The summed E-state index contributed by atoms with van der Waals surface area (Å²) in [6.07, 6.45) is 4.66. The number of aliphatic hydroxyl groups excluding tert-OH is 1. The Morgan fingerprint density at radius 3 is 2.24 bits per heavy atom.